The summed E-state index contributed by atoms with van der Waals surface area (Å²) in [4.78, 5) is 26.1. The molecule has 3 heterocycles. The number of aryl methyl sites for hydroxylation is 1. The highest BCUT2D eigenvalue weighted by Gasteiger charge is 2.43. The van der Waals surface area contributed by atoms with Crippen LogP contribution < -0.4 is 10.1 Å². The SMILES string of the molecule is Cc1ccc2c(c1)C(NC(=O)CN1CCCC1=O)CC1(CCOCC1)O2. The highest BCUT2D eigenvalue weighted by atomic mass is 16.5. The second-order valence-corrected chi connectivity index (χ2v) is 7.68. The van der Waals surface area contributed by atoms with Gasteiger partial charge in [0.25, 0.3) is 0 Å². The molecule has 4 rings (SSSR count). The number of hydrogen-bond donors (Lipinski definition) is 1. The molecule has 3 aliphatic heterocycles. The smallest absolute Gasteiger partial charge is 0.240 e. The van der Waals surface area contributed by atoms with E-state index in [9.17, 15) is 9.59 Å². The number of ether oxygens (including phenoxy) is 2. The fourth-order valence-corrected chi connectivity index (χ4v) is 4.25. The quantitative estimate of drug-likeness (QED) is 0.899. The first-order valence-corrected chi connectivity index (χ1v) is 9.49. The van der Waals surface area contributed by atoms with Crippen LogP contribution in [0.5, 0.6) is 5.75 Å². The number of carbonyl (C=O) groups excluding carboxylic acids is 2. The van der Waals surface area contributed by atoms with E-state index in [1.165, 1.54) is 0 Å². The van der Waals surface area contributed by atoms with Crippen molar-refractivity contribution in [2.45, 2.75) is 50.7 Å². The first kappa shape index (κ1) is 17.3. The lowest BCUT2D eigenvalue weighted by Crippen LogP contribution is -2.49. The van der Waals surface area contributed by atoms with Gasteiger partial charge in [-0.05, 0) is 19.4 Å². The van der Waals surface area contributed by atoms with Crippen LogP contribution in [0, 0.1) is 6.92 Å². The Morgan fingerprint density at radius 2 is 2.15 bits per heavy atom. The number of rotatable bonds is 3. The standard InChI is InChI=1S/C20H26N2O4/c1-14-4-5-17-15(11-14)16(12-20(26-17)6-9-25-10-7-20)21-18(23)13-22-8-2-3-19(22)24/h4-5,11,16H,2-3,6-10,12-13H2,1H3,(H,21,23). The molecule has 1 N–H and O–H groups in total. The lowest BCUT2D eigenvalue weighted by Gasteiger charge is -2.44. The normalized spacial score (nSPS) is 24.3. The molecule has 6 nitrogen and oxygen atoms in total. The third-order valence-electron chi connectivity index (χ3n) is 5.69. The van der Waals surface area contributed by atoms with Gasteiger partial charge in [-0.2, -0.15) is 0 Å². The van der Waals surface area contributed by atoms with Gasteiger partial charge in [-0.1, -0.05) is 17.7 Å². The molecule has 0 saturated carbocycles. The van der Waals surface area contributed by atoms with E-state index in [1.807, 2.05) is 19.1 Å². The third kappa shape index (κ3) is 3.43. The van der Waals surface area contributed by atoms with Crippen molar-refractivity contribution in [2.24, 2.45) is 0 Å². The second kappa shape index (κ2) is 6.91. The van der Waals surface area contributed by atoms with Crippen molar-refractivity contribution in [1.29, 1.82) is 0 Å². The molecule has 140 valence electrons. The summed E-state index contributed by atoms with van der Waals surface area (Å²) in [6, 6.07) is 6.04. The Morgan fingerprint density at radius 3 is 2.88 bits per heavy atom. The van der Waals surface area contributed by atoms with E-state index >= 15 is 0 Å². The lowest BCUT2D eigenvalue weighted by molar-refractivity contribution is -0.133. The van der Waals surface area contributed by atoms with Gasteiger partial charge in [-0.3, -0.25) is 9.59 Å². The Bertz CT molecular complexity index is 712. The van der Waals surface area contributed by atoms with Gasteiger partial charge in [0, 0.05) is 37.8 Å². The Morgan fingerprint density at radius 1 is 1.35 bits per heavy atom. The lowest BCUT2D eigenvalue weighted by atomic mass is 9.81. The molecule has 26 heavy (non-hydrogen) atoms. The maximum Gasteiger partial charge on any atom is 0.240 e. The summed E-state index contributed by atoms with van der Waals surface area (Å²) in [5.41, 5.74) is 1.90. The molecule has 2 amide bonds. The minimum Gasteiger partial charge on any atom is -0.487 e. The van der Waals surface area contributed by atoms with Crippen molar-refractivity contribution < 1.29 is 19.1 Å². The first-order valence-electron chi connectivity index (χ1n) is 9.49. The molecule has 1 spiro atoms. The topological polar surface area (TPSA) is 67.9 Å². The van der Waals surface area contributed by atoms with Crippen LogP contribution in [0.3, 0.4) is 0 Å². The molecule has 1 unspecified atom stereocenters. The summed E-state index contributed by atoms with van der Waals surface area (Å²) >= 11 is 0. The predicted molar refractivity (Wildman–Crippen MR) is 95.9 cm³/mol. The van der Waals surface area contributed by atoms with Gasteiger partial charge in [0.1, 0.15) is 11.4 Å². The highest BCUT2D eigenvalue weighted by Crippen LogP contribution is 2.44. The Kier molecular flexibility index (Phi) is 4.61. The number of likely N-dealkylation sites (tertiary alicyclic amines) is 1. The maximum absolute atomic E-state index is 12.6. The van der Waals surface area contributed by atoms with Gasteiger partial charge in [0.05, 0.1) is 25.8 Å². The predicted octanol–water partition coefficient (Wildman–Crippen LogP) is 2.11. The minimum atomic E-state index is -0.276. The molecule has 0 aliphatic carbocycles. The van der Waals surface area contributed by atoms with Gasteiger partial charge >= 0.3 is 0 Å². The average molecular weight is 358 g/mol. The second-order valence-electron chi connectivity index (χ2n) is 7.68. The van der Waals surface area contributed by atoms with E-state index in [4.69, 9.17) is 9.47 Å². The van der Waals surface area contributed by atoms with Gasteiger partial charge < -0.3 is 19.7 Å². The number of nitrogens with zero attached hydrogens (tertiary/aromatic N) is 1. The summed E-state index contributed by atoms with van der Waals surface area (Å²) in [5, 5.41) is 3.17. The minimum absolute atomic E-state index is 0.0734. The van der Waals surface area contributed by atoms with E-state index < -0.39 is 0 Å². The Balaban J connectivity index is 1.54. The van der Waals surface area contributed by atoms with Crippen molar-refractivity contribution >= 4 is 11.8 Å². The Labute approximate surface area is 153 Å². The number of hydrogen-bond acceptors (Lipinski definition) is 4. The number of amides is 2. The van der Waals surface area contributed by atoms with Crippen molar-refractivity contribution in [3.63, 3.8) is 0 Å². The third-order valence-corrected chi connectivity index (χ3v) is 5.69. The molecule has 0 bridgehead atoms. The first-order chi connectivity index (χ1) is 12.5. The zero-order valence-electron chi connectivity index (χ0n) is 15.3. The fraction of sp³-hybridized carbons (Fsp3) is 0.600. The molecule has 1 aromatic rings. The summed E-state index contributed by atoms with van der Waals surface area (Å²) in [6.45, 7) is 4.24. The average Bonchev–Trinajstić information content (AvgIpc) is 3.01. The molecule has 2 saturated heterocycles. The number of benzene rings is 1. The van der Waals surface area contributed by atoms with Crippen LogP contribution in [-0.4, -0.2) is 48.6 Å². The maximum atomic E-state index is 12.6. The van der Waals surface area contributed by atoms with Crippen LogP contribution >= 0.6 is 0 Å². The monoisotopic (exact) mass is 358 g/mol. The molecule has 3 aliphatic rings. The van der Waals surface area contributed by atoms with Gasteiger partial charge in [-0.25, -0.2) is 0 Å². The van der Waals surface area contributed by atoms with E-state index in [1.54, 1.807) is 4.90 Å². The van der Waals surface area contributed by atoms with Gasteiger partial charge in [0.2, 0.25) is 11.8 Å². The van der Waals surface area contributed by atoms with Crippen molar-refractivity contribution in [1.82, 2.24) is 10.2 Å². The molecule has 1 atom stereocenters. The van der Waals surface area contributed by atoms with Crippen molar-refractivity contribution in [2.75, 3.05) is 26.3 Å². The van der Waals surface area contributed by atoms with Crippen LogP contribution in [0.1, 0.15) is 49.3 Å². The number of carbonyl (C=O) groups is 2. The summed E-state index contributed by atoms with van der Waals surface area (Å²) in [7, 11) is 0. The van der Waals surface area contributed by atoms with E-state index in [2.05, 4.69) is 11.4 Å². The van der Waals surface area contributed by atoms with Crippen LogP contribution in [0.2, 0.25) is 0 Å². The summed E-state index contributed by atoms with van der Waals surface area (Å²) in [6.07, 6.45) is 3.80. The van der Waals surface area contributed by atoms with Crippen molar-refractivity contribution in [3.05, 3.63) is 29.3 Å². The summed E-state index contributed by atoms with van der Waals surface area (Å²) < 4.78 is 11.9. The van der Waals surface area contributed by atoms with E-state index in [0.717, 1.165) is 42.6 Å². The zero-order valence-corrected chi connectivity index (χ0v) is 15.3. The summed E-state index contributed by atoms with van der Waals surface area (Å²) in [5.74, 6) is 0.831. The largest absolute Gasteiger partial charge is 0.487 e. The van der Waals surface area contributed by atoms with Gasteiger partial charge in [-0.15, -0.1) is 0 Å². The molecular formula is C20H26N2O4. The van der Waals surface area contributed by atoms with E-state index in [-0.39, 0.29) is 30.0 Å². The molecular weight excluding hydrogens is 332 g/mol. The zero-order chi connectivity index (χ0) is 18.1. The molecule has 0 radical (unpaired) electrons. The van der Waals surface area contributed by atoms with Crippen molar-refractivity contribution in [3.8, 4) is 5.75 Å². The fourth-order valence-electron chi connectivity index (χ4n) is 4.25. The number of fused-ring (bicyclic) bond motifs is 1. The molecule has 1 aromatic carbocycles. The Hall–Kier alpha value is -2.08. The molecule has 0 aromatic heterocycles. The number of nitrogens with one attached hydrogen (secondary N) is 1. The van der Waals surface area contributed by atoms with Crippen LogP contribution in [-0.2, 0) is 14.3 Å². The molecule has 6 heteroatoms. The van der Waals surface area contributed by atoms with E-state index in [0.29, 0.717) is 26.2 Å². The van der Waals surface area contributed by atoms with Gasteiger partial charge in [0.15, 0.2) is 0 Å². The van der Waals surface area contributed by atoms with Crippen LogP contribution in [0.15, 0.2) is 18.2 Å². The highest BCUT2D eigenvalue weighted by molar-refractivity contribution is 5.86. The molecule has 2 fully saturated rings. The van der Waals surface area contributed by atoms with Crippen LogP contribution in [0.25, 0.3) is 0 Å². The van der Waals surface area contributed by atoms with Crippen LogP contribution in [0.4, 0.5) is 0 Å².